The Balaban J connectivity index is 1.48. The number of rotatable bonds is 5. The summed E-state index contributed by atoms with van der Waals surface area (Å²) in [6, 6.07) is 21.4. The first-order chi connectivity index (χ1) is 13.9. The molecule has 1 aliphatic rings. The van der Waals surface area contributed by atoms with Crippen LogP contribution in [-0.4, -0.2) is 20.9 Å². The van der Waals surface area contributed by atoms with Crippen LogP contribution in [0.5, 0.6) is 11.5 Å². The van der Waals surface area contributed by atoms with Gasteiger partial charge in [0.1, 0.15) is 11.5 Å². The molecule has 1 heterocycles. The van der Waals surface area contributed by atoms with Crippen LogP contribution in [0.15, 0.2) is 77.7 Å². The average Bonchev–Trinajstić information content (AvgIpc) is 2.71. The summed E-state index contributed by atoms with van der Waals surface area (Å²) in [6.07, 6.45) is 0.573. The molecule has 1 amide bonds. The highest BCUT2D eigenvalue weighted by atomic mass is 32.2. The van der Waals surface area contributed by atoms with Crippen molar-refractivity contribution in [1.29, 1.82) is 0 Å². The van der Waals surface area contributed by atoms with Gasteiger partial charge in [-0.25, -0.2) is 13.6 Å². The SMILES string of the molecule is NS(=O)(=O)c1ccc(CCNC(=O)C2c3ccccc3Oc3ccccc32)cc1. The molecular formula is C22H20N2O4S. The van der Waals surface area contributed by atoms with E-state index in [2.05, 4.69) is 5.32 Å². The average molecular weight is 408 g/mol. The van der Waals surface area contributed by atoms with E-state index in [1.165, 1.54) is 12.1 Å². The fourth-order valence-electron chi connectivity index (χ4n) is 3.47. The maximum Gasteiger partial charge on any atom is 0.238 e. The third kappa shape index (κ3) is 4.01. The largest absolute Gasteiger partial charge is 0.457 e. The Bertz CT molecular complexity index is 1110. The van der Waals surface area contributed by atoms with Gasteiger partial charge in [0.25, 0.3) is 0 Å². The summed E-state index contributed by atoms with van der Waals surface area (Å²) in [7, 11) is -3.71. The molecule has 7 heteroatoms. The molecule has 29 heavy (non-hydrogen) atoms. The second-order valence-corrected chi connectivity index (χ2v) is 8.40. The molecule has 3 aromatic rings. The van der Waals surface area contributed by atoms with E-state index >= 15 is 0 Å². The highest BCUT2D eigenvalue weighted by molar-refractivity contribution is 7.89. The van der Waals surface area contributed by atoms with E-state index in [1.807, 2.05) is 48.5 Å². The van der Waals surface area contributed by atoms with Crippen LogP contribution in [-0.2, 0) is 21.2 Å². The van der Waals surface area contributed by atoms with E-state index in [0.717, 1.165) is 16.7 Å². The molecule has 0 aromatic heterocycles. The zero-order valence-corrected chi connectivity index (χ0v) is 16.4. The van der Waals surface area contributed by atoms with E-state index in [-0.39, 0.29) is 10.8 Å². The summed E-state index contributed by atoms with van der Waals surface area (Å²) in [6.45, 7) is 0.426. The Labute approximate surface area is 169 Å². The van der Waals surface area contributed by atoms with Crippen LogP contribution in [0.1, 0.15) is 22.6 Å². The molecule has 0 saturated heterocycles. The number of para-hydroxylation sites is 2. The topological polar surface area (TPSA) is 98.5 Å². The monoisotopic (exact) mass is 408 g/mol. The van der Waals surface area contributed by atoms with Gasteiger partial charge < -0.3 is 10.1 Å². The lowest BCUT2D eigenvalue weighted by atomic mass is 9.87. The quantitative estimate of drug-likeness (QED) is 0.678. The Hall–Kier alpha value is -3.16. The number of primary sulfonamides is 1. The summed E-state index contributed by atoms with van der Waals surface area (Å²) in [5.74, 6) is 0.824. The van der Waals surface area contributed by atoms with Gasteiger partial charge in [-0.2, -0.15) is 0 Å². The fraction of sp³-hybridized carbons (Fsp3) is 0.136. The number of amides is 1. The number of nitrogens with one attached hydrogen (secondary N) is 1. The molecule has 0 unspecified atom stereocenters. The van der Waals surface area contributed by atoms with Crippen LogP contribution in [0.3, 0.4) is 0 Å². The summed E-state index contributed by atoms with van der Waals surface area (Å²) in [4.78, 5) is 13.1. The second-order valence-electron chi connectivity index (χ2n) is 6.84. The summed E-state index contributed by atoms with van der Waals surface area (Å²) >= 11 is 0. The van der Waals surface area contributed by atoms with Crippen LogP contribution >= 0.6 is 0 Å². The molecule has 3 N–H and O–H groups in total. The Morgan fingerprint density at radius 2 is 1.45 bits per heavy atom. The Morgan fingerprint density at radius 1 is 0.897 bits per heavy atom. The number of carbonyl (C=O) groups excluding carboxylic acids is 1. The molecule has 0 aliphatic carbocycles. The van der Waals surface area contributed by atoms with Crippen LogP contribution < -0.4 is 15.2 Å². The van der Waals surface area contributed by atoms with E-state index in [9.17, 15) is 13.2 Å². The van der Waals surface area contributed by atoms with Gasteiger partial charge >= 0.3 is 0 Å². The lowest BCUT2D eigenvalue weighted by Crippen LogP contribution is -2.33. The van der Waals surface area contributed by atoms with Crippen molar-refractivity contribution in [1.82, 2.24) is 5.32 Å². The maximum absolute atomic E-state index is 13.0. The molecule has 1 aliphatic heterocycles. The predicted molar refractivity (Wildman–Crippen MR) is 109 cm³/mol. The van der Waals surface area contributed by atoms with Crippen molar-refractivity contribution < 1.29 is 17.9 Å². The van der Waals surface area contributed by atoms with Crippen molar-refractivity contribution in [3.8, 4) is 11.5 Å². The van der Waals surface area contributed by atoms with E-state index in [4.69, 9.17) is 9.88 Å². The summed E-state index contributed by atoms with van der Waals surface area (Å²) < 4.78 is 28.6. The second kappa shape index (κ2) is 7.69. The van der Waals surface area contributed by atoms with E-state index < -0.39 is 15.9 Å². The van der Waals surface area contributed by atoms with E-state index in [1.54, 1.807) is 12.1 Å². The van der Waals surface area contributed by atoms with Gasteiger partial charge in [-0.1, -0.05) is 48.5 Å². The zero-order chi connectivity index (χ0) is 20.4. The van der Waals surface area contributed by atoms with Gasteiger partial charge in [0.15, 0.2) is 0 Å². The number of fused-ring (bicyclic) bond motifs is 2. The highest BCUT2D eigenvalue weighted by Gasteiger charge is 2.32. The number of hydrogen-bond donors (Lipinski definition) is 2. The fourth-order valence-corrected chi connectivity index (χ4v) is 3.99. The minimum atomic E-state index is -3.71. The molecular weight excluding hydrogens is 388 g/mol. The summed E-state index contributed by atoms with van der Waals surface area (Å²) in [5.41, 5.74) is 2.58. The number of benzene rings is 3. The molecule has 0 saturated carbocycles. The van der Waals surface area contributed by atoms with Gasteiger partial charge in [-0.3, -0.25) is 4.79 Å². The first-order valence-electron chi connectivity index (χ1n) is 9.18. The molecule has 0 spiro atoms. The molecule has 3 aromatic carbocycles. The van der Waals surface area contributed by atoms with Gasteiger partial charge in [0, 0.05) is 17.7 Å². The highest BCUT2D eigenvalue weighted by Crippen LogP contribution is 2.43. The van der Waals surface area contributed by atoms with Crippen LogP contribution in [0.2, 0.25) is 0 Å². The first-order valence-corrected chi connectivity index (χ1v) is 10.7. The standard InChI is InChI=1S/C22H20N2O4S/c23-29(26,27)16-11-9-15(10-12-16)13-14-24-22(25)21-17-5-1-3-7-19(17)28-20-8-4-2-6-18(20)21/h1-12,21H,13-14H2,(H,24,25)(H2,23,26,27). The van der Waals surface area contributed by atoms with Gasteiger partial charge in [0.05, 0.1) is 10.8 Å². The predicted octanol–water partition coefficient (Wildman–Crippen LogP) is 2.93. The first kappa shape index (κ1) is 19.2. The number of carbonyl (C=O) groups is 1. The van der Waals surface area contributed by atoms with Crippen molar-refractivity contribution in [2.75, 3.05) is 6.54 Å². The normalized spacial score (nSPS) is 13.1. The van der Waals surface area contributed by atoms with Crippen molar-refractivity contribution in [3.05, 3.63) is 89.5 Å². The van der Waals surface area contributed by atoms with Crippen molar-refractivity contribution in [3.63, 3.8) is 0 Å². The molecule has 148 valence electrons. The molecule has 0 atom stereocenters. The Kier molecular flexibility index (Phi) is 5.08. The number of sulfonamides is 1. The zero-order valence-electron chi connectivity index (χ0n) is 15.5. The van der Waals surface area contributed by atoms with Gasteiger partial charge in [0.2, 0.25) is 15.9 Å². The van der Waals surface area contributed by atoms with Crippen molar-refractivity contribution in [2.24, 2.45) is 5.14 Å². The third-order valence-electron chi connectivity index (χ3n) is 4.91. The number of hydrogen-bond acceptors (Lipinski definition) is 4. The molecule has 0 bridgehead atoms. The molecule has 4 rings (SSSR count). The molecule has 0 radical (unpaired) electrons. The van der Waals surface area contributed by atoms with E-state index in [0.29, 0.717) is 24.5 Å². The van der Waals surface area contributed by atoms with Crippen LogP contribution in [0, 0.1) is 0 Å². The van der Waals surface area contributed by atoms with Crippen LogP contribution in [0.25, 0.3) is 0 Å². The van der Waals surface area contributed by atoms with Crippen LogP contribution in [0.4, 0.5) is 0 Å². The maximum atomic E-state index is 13.0. The smallest absolute Gasteiger partial charge is 0.238 e. The summed E-state index contributed by atoms with van der Waals surface area (Å²) in [5, 5.41) is 8.10. The van der Waals surface area contributed by atoms with Gasteiger partial charge in [-0.05, 0) is 36.2 Å². The van der Waals surface area contributed by atoms with Crippen molar-refractivity contribution >= 4 is 15.9 Å². The minimum Gasteiger partial charge on any atom is -0.457 e. The molecule has 6 nitrogen and oxygen atoms in total. The number of nitrogens with two attached hydrogens (primary N) is 1. The minimum absolute atomic E-state index is 0.0701. The lowest BCUT2D eigenvalue weighted by molar-refractivity contribution is -0.121. The number of ether oxygens (including phenoxy) is 1. The van der Waals surface area contributed by atoms with Crippen molar-refractivity contribution in [2.45, 2.75) is 17.2 Å². The third-order valence-corrected chi connectivity index (χ3v) is 5.84. The molecule has 0 fully saturated rings. The Morgan fingerprint density at radius 3 is 2.00 bits per heavy atom. The van der Waals surface area contributed by atoms with Gasteiger partial charge in [-0.15, -0.1) is 0 Å². The lowest BCUT2D eigenvalue weighted by Gasteiger charge is -2.27.